The Balaban J connectivity index is 1.77. The molecule has 1 aromatic carbocycles. The van der Waals surface area contributed by atoms with Crippen molar-refractivity contribution >= 4 is 11.6 Å². The maximum atomic E-state index is 9.69. The molecule has 0 radical (unpaired) electrons. The third-order valence-corrected chi connectivity index (χ3v) is 5.71. The first kappa shape index (κ1) is 18.5. The number of hydrogen-bond donors (Lipinski definition) is 1. The van der Waals surface area contributed by atoms with Crippen LogP contribution in [0.5, 0.6) is 0 Å². The summed E-state index contributed by atoms with van der Waals surface area (Å²) in [4.78, 5) is 4.47. The van der Waals surface area contributed by atoms with Crippen molar-refractivity contribution in [2.45, 2.75) is 77.4 Å². The van der Waals surface area contributed by atoms with Gasteiger partial charge in [-0.25, -0.2) is 4.98 Å². The van der Waals surface area contributed by atoms with Crippen LogP contribution >= 0.6 is 11.6 Å². The Morgan fingerprint density at radius 1 is 1.16 bits per heavy atom. The molecule has 0 saturated heterocycles. The highest BCUT2D eigenvalue weighted by atomic mass is 35.5. The van der Waals surface area contributed by atoms with E-state index in [1.54, 1.807) is 0 Å². The molecule has 25 heavy (non-hydrogen) atoms. The fraction of sp³-hybridized carbons (Fsp3) is 0.571. The van der Waals surface area contributed by atoms with E-state index in [0.717, 1.165) is 43.2 Å². The number of rotatable bonds is 7. The largest absolute Gasteiger partial charge is 0.390 e. The molecule has 1 aromatic heterocycles. The summed E-state index contributed by atoms with van der Waals surface area (Å²) in [7, 11) is 0. The Hall–Kier alpha value is -1.32. The van der Waals surface area contributed by atoms with Crippen LogP contribution in [-0.2, 0) is 19.6 Å². The summed E-state index contributed by atoms with van der Waals surface area (Å²) in [5.41, 5.74) is 3.44. The second-order valence-corrected chi connectivity index (χ2v) is 7.55. The smallest absolute Gasteiger partial charge is 0.152 e. The van der Waals surface area contributed by atoms with E-state index in [4.69, 9.17) is 11.6 Å². The quantitative estimate of drug-likeness (QED) is 0.711. The molecule has 1 heterocycles. The van der Waals surface area contributed by atoms with E-state index in [1.807, 2.05) is 0 Å². The minimum absolute atomic E-state index is 0.0713. The van der Waals surface area contributed by atoms with Crippen molar-refractivity contribution in [3.63, 3.8) is 0 Å². The van der Waals surface area contributed by atoms with Gasteiger partial charge in [0.05, 0.1) is 12.3 Å². The van der Waals surface area contributed by atoms with Crippen LogP contribution in [0.2, 0.25) is 5.15 Å². The lowest BCUT2D eigenvalue weighted by Gasteiger charge is -2.22. The third-order valence-electron chi connectivity index (χ3n) is 5.40. The van der Waals surface area contributed by atoms with Crippen LogP contribution in [0.15, 0.2) is 24.3 Å². The van der Waals surface area contributed by atoms with Gasteiger partial charge in [-0.05, 0) is 36.3 Å². The number of unbranched alkanes of at least 4 members (excludes halogenated alkanes) is 1. The zero-order valence-corrected chi connectivity index (χ0v) is 15.9. The standard InChI is InChI=1S/C21H29ClN2O/c1-2-3-9-20-23-21(22)19(15-25)24(20)14-16-10-12-18(13-11-16)17-7-5-4-6-8-17/h10-13,17,25H,2-9,14-15H2,1H3. The van der Waals surface area contributed by atoms with Crippen LogP contribution in [0.25, 0.3) is 0 Å². The Kier molecular flexibility index (Phi) is 6.55. The molecule has 0 spiro atoms. The number of nitrogens with zero attached hydrogens (tertiary/aromatic N) is 2. The molecular weight excluding hydrogens is 332 g/mol. The van der Waals surface area contributed by atoms with E-state index in [9.17, 15) is 5.11 Å². The number of aliphatic hydroxyl groups excluding tert-OH is 1. The molecule has 1 aliphatic carbocycles. The molecule has 4 heteroatoms. The van der Waals surface area contributed by atoms with Crippen LogP contribution in [0.4, 0.5) is 0 Å². The first-order valence-electron chi connectivity index (χ1n) is 9.66. The minimum atomic E-state index is -0.0713. The van der Waals surface area contributed by atoms with Crippen LogP contribution < -0.4 is 0 Å². The predicted octanol–water partition coefficient (Wildman–Crippen LogP) is 5.47. The van der Waals surface area contributed by atoms with Gasteiger partial charge in [-0.15, -0.1) is 0 Å². The fourth-order valence-electron chi connectivity index (χ4n) is 3.88. The second kappa shape index (κ2) is 8.86. The van der Waals surface area contributed by atoms with Crippen molar-refractivity contribution in [3.8, 4) is 0 Å². The summed E-state index contributed by atoms with van der Waals surface area (Å²) in [5.74, 6) is 1.71. The van der Waals surface area contributed by atoms with Gasteiger partial charge in [0.15, 0.2) is 5.15 Å². The third kappa shape index (κ3) is 4.45. The molecule has 1 saturated carbocycles. The Morgan fingerprint density at radius 3 is 2.52 bits per heavy atom. The summed E-state index contributed by atoms with van der Waals surface area (Å²) in [6.07, 6.45) is 9.87. The highest BCUT2D eigenvalue weighted by Crippen LogP contribution is 2.32. The molecule has 0 amide bonds. The SMILES string of the molecule is CCCCc1nc(Cl)c(CO)n1Cc1ccc(C2CCCCC2)cc1. The zero-order chi connectivity index (χ0) is 17.6. The topological polar surface area (TPSA) is 38.1 Å². The van der Waals surface area contributed by atoms with E-state index in [-0.39, 0.29) is 6.61 Å². The van der Waals surface area contributed by atoms with Crippen molar-refractivity contribution in [1.29, 1.82) is 0 Å². The maximum Gasteiger partial charge on any atom is 0.152 e. The molecular formula is C21H29ClN2O. The van der Waals surface area contributed by atoms with E-state index in [1.165, 1.54) is 43.2 Å². The van der Waals surface area contributed by atoms with Crippen molar-refractivity contribution < 1.29 is 5.11 Å². The lowest BCUT2D eigenvalue weighted by atomic mass is 9.84. The Bertz CT molecular complexity index is 672. The van der Waals surface area contributed by atoms with Crippen molar-refractivity contribution in [2.75, 3.05) is 0 Å². The number of hydrogen-bond acceptors (Lipinski definition) is 2. The number of aromatic nitrogens is 2. The minimum Gasteiger partial charge on any atom is -0.390 e. The summed E-state index contributed by atoms with van der Waals surface area (Å²) >= 11 is 6.23. The molecule has 3 nitrogen and oxygen atoms in total. The molecule has 2 aromatic rings. The molecule has 0 bridgehead atoms. The van der Waals surface area contributed by atoms with Gasteiger partial charge in [0, 0.05) is 13.0 Å². The highest BCUT2D eigenvalue weighted by Gasteiger charge is 2.17. The van der Waals surface area contributed by atoms with E-state index >= 15 is 0 Å². The second-order valence-electron chi connectivity index (χ2n) is 7.19. The van der Waals surface area contributed by atoms with Gasteiger partial charge >= 0.3 is 0 Å². The Labute approximate surface area is 156 Å². The van der Waals surface area contributed by atoms with Crippen LogP contribution in [0, 0.1) is 0 Å². The van der Waals surface area contributed by atoms with Crippen LogP contribution in [0.3, 0.4) is 0 Å². The number of imidazole rings is 1. The van der Waals surface area contributed by atoms with E-state index in [0.29, 0.717) is 5.15 Å². The first-order chi connectivity index (χ1) is 12.2. The molecule has 3 rings (SSSR count). The van der Waals surface area contributed by atoms with Gasteiger partial charge in [0.25, 0.3) is 0 Å². The van der Waals surface area contributed by atoms with Gasteiger partial charge < -0.3 is 9.67 Å². The summed E-state index contributed by atoms with van der Waals surface area (Å²) in [6, 6.07) is 9.02. The van der Waals surface area contributed by atoms with Gasteiger partial charge in [-0.3, -0.25) is 0 Å². The molecule has 1 N–H and O–H groups in total. The fourth-order valence-corrected chi connectivity index (χ4v) is 4.14. The zero-order valence-electron chi connectivity index (χ0n) is 15.2. The normalized spacial score (nSPS) is 15.6. The molecule has 1 fully saturated rings. The number of aryl methyl sites for hydroxylation is 1. The molecule has 0 atom stereocenters. The van der Waals surface area contributed by atoms with E-state index in [2.05, 4.69) is 40.7 Å². The lowest BCUT2D eigenvalue weighted by Crippen LogP contribution is -2.10. The number of aliphatic hydroxyl groups is 1. The molecule has 1 aliphatic rings. The Morgan fingerprint density at radius 2 is 1.88 bits per heavy atom. The molecule has 0 unspecified atom stereocenters. The summed E-state index contributed by atoms with van der Waals surface area (Å²) < 4.78 is 2.09. The molecule has 0 aliphatic heterocycles. The van der Waals surface area contributed by atoms with Crippen LogP contribution in [0.1, 0.15) is 80.4 Å². The average Bonchev–Trinajstić information content (AvgIpc) is 2.95. The summed E-state index contributed by atoms with van der Waals surface area (Å²) in [5, 5.41) is 10.1. The summed E-state index contributed by atoms with van der Waals surface area (Å²) in [6.45, 7) is 2.82. The highest BCUT2D eigenvalue weighted by molar-refractivity contribution is 6.30. The van der Waals surface area contributed by atoms with Crippen molar-refractivity contribution in [3.05, 3.63) is 52.1 Å². The van der Waals surface area contributed by atoms with E-state index < -0.39 is 0 Å². The first-order valence-corrected chi connectivity index (χ1v) is 10.0. The number of halogens is 1. The van der Waals surface area contributed by atoms with Gasteiger partial charge in [-0.2, -0.15) is 0 Å². The lowest BCUT2D eigenvalue weighted by molar-refractivity contribution is 0.271. The monoisotopic (exact) mass is 360 g/mol. The van der Waals surface area contributed by atoms with Gasteiger partial charge in [0.2, 0.25) is 0 Å². The average molecular weight is 361 g/mol. The molecule has 136 valence electrons. The van der Waals surface area contributed by atoms with Crippen LogP contribution in [-0.4, -0.2) is 14.7 Å². The predicted molar refractivity (Wildman–Crippen MR) is 103 cm³/mol. The van der Waals surface area contributed by atoms with Gasteiger partial charge in [-0.1, -0.05) is 68.5 Å². The van der Waals surface area contributed by atoms with Crippen molar-refractivity contribution in [1.82, 2.24) is 9.55 Å². The maximum absolute atomic E-state index is 9.69. The van der Waals surface area contributed by atoms with Crippen molar-refractivity contribution in [2.24, 2.45) is 0 Å². The number of benzene rings is 1. The van der Waals surface area contributed by atoms with Gasteiger partial charge in [0.1, 0.15) is 5.82 Å².